The van der Waals surface area contributed by atoms with E-state index in [0.717, 1.165) is 58.6 Å². The van der Waals surface area contributed by atoms with E-state index in [1.807, 2.05) is 30.3 Å². The number of fused-ring (bicyclic) bond motifs is 3. The number of piperazine rings is 1. The van der Waals surface area contributed by atoms with Crippen LogP contribution in [0.1, 0.15) is 17.2 Å². The van der Waals surface area contributed by atoms with Crippen LogP contribution >= 0.6 is 45.8 Å². The van der Waals surface area contributed by atoms with Crippen LogP contribution in [0.3, 0.4) is 0 Å². The lowest BCUT2D eigenvalue weighted by atomic mass is 9.96. The van der Waals surface area contributed by atoms with Gasteiger partial charge in [-0.15, -0.1) is 0 Å². The summed E-state index contributed by atoms with van der Waals surface area (Å²) >= 11 is 14.9. The van der Waals surface area contributed by atoms with E-state index in [2.05, 4.69) is 91.5 Å². The van der Waals surface area contributed by atoms with Crippen LogP contribution in [0.4, 0.5) is 5.82 Å². The van der Waals surface area contributed by atoms with Gasteiger partial charge in [0.05, 0.1) is 22.6 Å². The maximum Gasteiger partial charge on any atom is 0.153 e. The van der Waals surface area contributed by atoms with Gasteiger partial charge in [-0.1, -0.05) is 53.5 Å². The molecule has 1 unspecified atom stereocenters. The summed E-state index contributed by atoms with van der Waals surface area (Å²) in [7, 11) is 0. The molecule has 0 amide bonds. The van der Waals surface area contributed by atoms with Crippen molar-refractivity contribution in [2.24, 2.45) is 0 Å². The van der Waals surface area contributed by atoms with E-state index in [-0.39, 0.29) is 6.04 Å². The number of halogens is 3. The molecule has 176 valence electrons. The predicted octanol–water partition coefficient (Wildman–Crippen LogP) is 7.31. The summed E-state index contributed by atoms with van der Waals surface area (Å²) in [6.07, 6.45) is 2.09. The van der Waals surface area contributed by atoms with Crippen LogP contribution in [-0.2, 0) is 0 Å². The fourth-order valence-electron chi connectivity index (χ4n) is 5.08. The van der Waals surface area contributed by atoms with Crippen LogP contribution in [-0.4, -0.2) is 40.5 Å². The van der Waals surface area contributed by atoms with Gasteiger partial charge in [-0.05, 0) is 82.2 Å². The molecule has 0 aliphatic carbocycles. The van der Waals surface area contributed by atoms with E-state index in [1.165, 1.54) is 14.7 Å². The quantitative estimate of drug-likeness (QED) is 0.199. The standard InChI is InChI=1S/C28H23Cl2IN4/c29-20-9-7-19(8-10-20)27(22-4-1-2-5-23(22)31)33-14-16-34(17-15-33)28-25-6-3-13-35(25)26-18-21(30)11-12-24(26)32-28/h1-13,18,27H,14-17H2. The summed E-state index contributed by atoms with van der Waals surface area (Å²) < 4.78 is 3.47. The number of hydrogen-bond donors (Lipinski definition) is 0. The predicted molar refractivity (Wildman–Crippen MR) is 154 cm³/mol. The minimum Gasteiger partial charge on any atom is -0.352 e. The van der Waals surface area contributed by atoms with E-state index >= 15 is 0 Å². The highest BCUT2D eigenvalue weighted by Gasteiger charge is 2.29. The molecule has 35 heavy (non-hydrogen) atoms. The number of rotatable bonds is 4. The van der Waals surface area contributed by atoms with Crippen molar-refractivity contribution >= 4 is 68.2 Å². The second kappa shape index (κ2) is 9.62. The number of nitrogens with zero attached hydrogens (tertiary/aromatic N) is 4. The molecule has 3 heterocycles. The first-order valence-corrected chi connectivity index (χ1v) is 13.5. The fraction of sp³-hybridized carbons (Fsp3) is 0.179. The van der Waals surface area contributed by atoms with E-state index < -0.39 is 0 Å². The van der Waals surface area contributed by atoms with Gasteiger partial charge in [-0.3, -0.25) is 4.90 Å². The summed E-state index contributed by atoms with van der Waals surface area (Å²) in [6, 6.07) is 27.2. The molecule has 6 rings (SSSR count). The van der Waals surface area contributed by atoms with Crippen molar-refractivity contribution in [1.29, 1.82) is 0 Å². The largest absolute Gasteiger partial charge is 0.352 e. The van der Waals surface area contributed by atoms with Crippen molar-refractivity contribution in [3.63, 3.8) is 0 Å². The minimum atomic E-state index is 0.183. The first kappa shape index (κ1) is 23.1. The zero-order valence-corrected chi connectivity index (χ0v) is 22.6. The van der Waals surface area contributed by atoms with Gasteiger partial charge in [0.25, 0.3) is 0 Å². The van der Waals surface area contributed by atoms with Crippen LogP contribution in [0.15, 0.2) is 85.1 Å². The van der Waals surface area contributed by atoms with Crippen LogP contribution in [0.2, 0.25) is 10.0 Å². The maximum atomic E-state index is 6.28. The van der Waals surface area contributed by atoms with Crippen molar-refractivity contribution in [2.75, 3.05) is 31.1 Å². The molecule has 1 atom stereocenters. The van der Waals surface area contributed by atoms with Gasteiger partial charge in [0.15, 0.2) is 5.82 Å². The molecule has 0 bridgehead atoms. The van der Waals surface area contributed by atoms with Crippen molar-refractivity contribution in [3.8, 4) is 0 Å². The molecule has 4 nitrogen and oxygen atoms in total. The first-order valence-electron chi connectivity index (χ1n) is 11.6. The molecule has 1 aliphatic rings. The number of anilines is 1. The Morgan fingerprint density at radius 1 is 0.771 bits per heavy atom. The van der Waals surface area contributed by atoms with Gasteiger partial charge in [0, 0.05) is 46.0 Å². The fourth-order valence-corrected chi connectivity index (χ4v) is 6.06. The average Bonchev–Trinajstić information content (AvgIpc) is 3.37. The van der Waals surface area contributed by atoms with Gasteiger partial charge >= 0.3 is 0 Å². The van der Waals surface area contributed by atoms with Gasteiger partial charge in [-0.2, -0.15) is 0 Å². The third-order valence-corrected chi connectivity index (χ3v) is 8.24. The molecule has 1 aliphatic heterocycles. The third kappa shape index (κ3) is 4.40. The highest BCUT2D eigenvalue weighted by Crippen LogP contribution is 2.34. The Morgan fingerprint density at radius 2 is 1.51 bits per heavy atom. The number of aromatic nitrogens is 2. The summed E-state index contributed by atoms with van der Waals surface area (Å²) in [4.78, 5) is 10.1. The molecule has 0 spiro atoms. The molecule has 0 radical (unpaired) electrons. The molecular weight excluding hydrogens is 590 g/mol. The van der Waals surface area contributed by atoms with E-state index in [0.29, 0.717) is 0 Å². The molecule has 3 aromatic carbocycles. The highest BCUT2D eigenvalue weighted by atomic mass is 127. The normalized spacial score (nSPS) is 15.7. The zero-order chi connectivity index (χ0) is 23.9. The molecule has 1 saturated heterocycles. The second-order valence-electron chi connectivity index (χ2n) is 8.83. The third-order valence-electron chi connectivity index (χ3n) is 6.77. The summed E-state index contributed by atoms with van der Waals surface area (Å²) in [6.45, 7) is 3.68. The topological polar surface area (TPSA) is 23.8 Å². The maximum absolute atomic E-state index is 6.28. The van der Waals surface area contributed by atoms with Gasteiger partial charge in [-0.25, -0.2) is 4.98 Å². The van der Waals surface area contributed by atoms with Crippen LogP contribution in [0.25, 0.3) is 16.6 Å². The minimum absolute atomic E-state index is 0.183. The summed E-state index contributed by atoms with van der Waals surface area (Å²) in [5, 5.41) is 1.49. The molecule has 7 heteroatoms. The first-order chi connectivity index (χ1) is 17.1. The van der Waals surface area contributed by atoms with E-state index in [4.69, 9.17) is 28.2 Å². The smallest absolute Gasteiger partial charge is 0.153 e. The van der Waals surface area contributed by atoms with Crippen LogP contribution in [0.5, 0.6) is 0 Å². The highest BCUT2D eigenvalue weighted by molar-refractivity contribution is 14.1. The van der Waals surface area contributed by atoms with Gasteiger partial charge < -0.3 is 9.30 Å². The average molecular weight is 613 g/mol. The summed E-state index contributed by atoms with van der Waals surface area (Å²) in [5.41, 5.74) is 5.69. The lowest BCUT2D eigenvalue weighted by Gasteiger charge is -2.40. The van der Waals surface area contributed by atoms with Crippen molar-refractivity contribution < 1.29 is 0 Å². The number of benzene rings is 3. The Kier molecular flexibility index (Phi) is 6.35. The Hall–Kier alpha value is -2.32. The van der Waals surface area contributed by atoms with Gasteiger partial charge in [0.2, 0.25) is 0 Å². The van der Waals surface area contributed by atoms with Crippen LogP contribution in [0, 0.1) is 3.57 Å². The second-order valence-corrected chi connectivity index (χ2v) is 10.9. The Morgan fingerprint density at radius 3 is 2.29 bits per heavy atom. The molecule has 0 saturated carbocycles. The van der Waals surface area contributed by atoms with Crippen molar-refractivity contribution in [2.45, 2.75) is 6.04 Å². The molecule has 5 aromatic rings. The van der Waals surface area contributed by atoms with E-state index in [1.54, 1.807) is 0 Å². The molecular formula is C28H23Cl2IN4. The van der Waals surface area contributed by atoms with Crippen molar-refractivity contribution in [1.82, 2.24) is 14.3 Å². The lowest BCUT2D eigenvalue weighted by Crippen LogP contribution is -2.48. The van der Waals surface area contributed by atoms with Crippen LogP contribution < -0.4 is 4.90 Å². The lowest BCUT2D eigenvalue weighted by molar-refractivity contribution is 0.211. The zero-order valence-electron chi connectivity index (χ0n) is 18.9. The SMILES string of the molecule is Clc1ccc(C(c2ccccc2I)N2CCN(c3nc4ccc(Cl)cc4n4cccc34)CC2)cc1. The van der Waals surface area contributed by atoms with Gasteiger partial charge in [0.1, 0.15) is 0 Å². The monoisotopic (exact) mass is 612 g/mol. The molecule has 0 N–H and O–H groups in total. The Labute approximate surface area is 228 Å². The van der Waals surface area contributed by atoms with Crippen molar-refractivity contribution in [3.05, 3.63) is 110 Å². The number of hydrogen-bond acceptors (Lipinski definition) is 3. The Bertz CT molecular complexity index is 1510. The Balaban J connectivity index is 1.33. The molecule has 1 fully saturated rings. The van der Waals surface area contributed by atoms with E-state index in [9.17, 15) is 0 Å². The summed E-state index contributed by atoms with van der Waals surface area (Å²) in [5.74, 6) is 1.03. The molecule has 2 aromatic heterocycles.